The summed E-state index contributed by atoms with van der Waals surface area (Å²) in [7, 11) is 0. The lowest BCUT2D eigenvalue weighted by Crippen LogP contribution is -2.37. The van der Waals surface area contributed by atoms with Crippen LogP contribution in [0, 0.1) is 0 Å². The molecule has 0 saturated carbocycles. The molecule has 0 radical (unpaired) electrons. The van der Waals surface area contributed by atoms with Gasteiger partial charge in [0.05, 0.1) is 18.9 Å². The van der Waals surface area contributed by atoms with Crippen molar-refractivity contribution in [1.29, 1.82) is 0 Å². The number of hydrogen-bond donors (Lipinski definition) is 1. The first kappa shape index (κ1) is 17.8. The van der Waals surface area contributed by atoms with E-state index >= 15 is 0 Å². The molecule has 5 nitrogen and oxygen atoms in total. The molecule has 1 aromatic carbocycles. The largest absolute Gasteiger partial charge is 0.378 e. The van der Waals surface area contributed by atoms with Gasteiger partial charge in [0.15, 0.2) is 5.82 Å². The second-order valence-corrected chi connectivity index (χ2v) is 6.66. The maximum atomic E-state index is 5.46. The van der Waals surface area contributed by atoms with Crippen molar-refractivity contribution in [2.75, 3.05) is 42.8 Å². The zero-order chi connectivity index (χ0) is 17.5. The molecule has 132 valence electrons. The predicted octanol–water partition coefficient (Wildman–Crippen LogP) is 3.79. The highest BCUT2D eigenvalue weighted by atomic mass is 32.2. The topological polar surface area (TPSA) is 50.3 Å². The van der Waals surface area contributed by atoms with Crippen molar-refractivity contribution in [3.05, 3.63) is 48.3 Å². The summed E-state index contributed by atoms with van der Waals surface area (Å²) in [4.78, 5) is 11.9. The molecule has 0 spiro atoms. The highest BCUT2D eigenvalue weighted by Crippen LogP contribution is 2.24. The molecule has 6 heteroatoms. The number of anilines is 2. The third-order valence-electron chi connectivity index (χ3n) is 3.93. The lowest BCUT2D eigenvalue weighted by molar-refractivity contribution is 0.122. The zero-order valence-electron chi connectivity index (χ0n) is 14.7. The molecule has 1 N–H and O–H groups in total. The summed E-state index contributed by atoms with van der Waals surface area (Å²) >= 11 is 1.77. The fraction of sp³-hybridized carbons (Fsp3) is 0.368. The van der Waals surface area contributed by atoms with Crippen LogP contribution < -0.4 is 10.2 Å². The van der Waals surface area contributed by atoms with Crippen molar-refractivity contribution >= 4 is 23.3 Å². The van der Waals surface area contributed by atoms with E-state index in [2.05, 4.69) is 34.7 Å². The Balaban J connectivity index is 1.95. The van der Waals surface area contributed by atoms with Crippen molar-refractivity contribution in [3.63, 3.8) is 0 Å². The smallest absolute Gasteiger partial charge is 0.161 e. The lowest BCUT2D eigenvalue weighted by atomic mass is 10.2. The van der Waals surface area contributed by atoms with E-state index in [-0.39, 0.29) is 0 Å². The van der Waals surface area contributed by atoms with Crippen LogP contribution in [0.3, 0.4) is 0 Å². The number of benzene rings is 1. The van der Waals surface area contributed by atoms with Crippen molar-refractivity contribution in [1.82, 2.24) is 9.97 Å². The van der Waals surface area contributed by atoms with Crippen LogP contribution in [0.1, 0.15) is 12.6 Å². The summed E-state index contributed by atoms with van der Waals surface area (Å²) in [6, 6.07) is 10.3. The average Bonchev–Trinajstić information content (AvgIpc) is 2.67. The number of thioether (sulfide) groups is 1. The van der Waals surface area contributed by atoms with Crippen molar-refractivity contribution in [2.24, 2.45) is 0 Å². The molecule has 1 aromatic heterocycles. The normalized spacial score (nSPS) is 14.9. The first-order valence-electron chi connectivity index (χ1n) is 8.48. The standard InChI is InChI=1S/C19H24N4OS/c1-3-7-20-16-6-4-5-15(12-16)19-21-17(14-25-2)13-18(22-19)23-8-10-24-11-9-23/h3-7,12-13,20H,8-11,14H2,1-2H3/b7-3-. The number of ether oxygens (including phenoxy) is 1. The molecule has 25 heavy (non-hydrogen) atoms. The van der Waals surface area contributed by atoms with E-state index in [1.807, 2.05) is 31.3 Å². The fourth-order valence-corrected chi connectivity index (χ4v) is 3.16. The monoisotopic (exact) mass is 356 g/mol. The SMILES string of the molecule is C/C=C\Nc1cccc(-c2nc(CSC)cc(N3CCOCC3)n2)c1. The van der Waals surface area contributed by atoms with E-state index < -0.39 is 0 Å². The maximum Gasteiger partial charge on any atom is 0.161 e. The third kappa shape index (κ3) is 4.74. The van der Waals surface area contributed by atoms with Gasteiger partial charge in [-0.1, -0.05) is 18.2 Å². The minimum atomic E-state index is 0.750. The molecular weight excluding hydrogens is 332 g/mol. The van der Waals surface area contributed by atoms with E-state index in [1.165, 1.54) is 0 Å². The maximum absolute atomic E-state index is 5.46. The van der Waals surface area contributed by atoms with Crippen LogP contribution in [0.5, 0.6) is 0 Å². The molecule has 1 aliphatic rings. The van der Waals surface area contributed by atoms with Gasteiger partial charge < -0.3 is 15.0 Å². The average molecular weight is 356 g/mol. The molecule has 0 aliphatic carbocycles. The van der Waals surface area contributed by atoms with Gasteiger partial charge in [0.1, 0.15) is 5.82 Å². The Morgan fingerprint density at radius 3 is 2.84 bits per heavy atom. The molecule has 1 fully saturated rings. The quantitative estimate of drug-likeness (QED) is 0.850. The van der Waals surface area contributed by atoms with Gasteiger partial charge in [0.25, 0.3) is 0 Å². The Kier molecular flexibility index (Phi) is 6.30. The van der Waals surface area contributed by atoms with Crippen molar-refractivity contribution < 1.29 is 4.74 Å². The third-order valence-corrected chi connectivity index (χ3v) is 4.51. The van der Waals surface area contributed by atoms with Gasteiger partial charge in [0.2, 0.25) is 0 Å². The zero-order valence-corrected chi connectivity index (χ0v) is 15.6. The summed E-state index contributed by atoms with van der Waals surface area (Å²) < 4.78 is 5.46. The van der Waals surface area contributed by atoms with Crippen LogP contribution in [0.15, 0.2) is 42.6 Å². The Bertz CT molecular complexity index is 729. The van der Waals surface area contributed by atoms with Gasteiger partial charge in [0, 0.05) is 36.2 Å². The molecule has 0 unspecified atom stereocenters. The summed E-state index contributed by atoms with van der Waals surface area (Å²) in [6.07, 6.45) is 5.99. The van der Waals surface area contributed by atoms with Gasteiger partial charge in [-0.15, -0.1) is 0 Å². The Morgan fingerprint density at radius 1 is 1.24 bits per heavy atom. The van der Waals surface area contributed by atoms with Gasteiger partial charge in [-0.3, -0.25) is 0 Å². The van der Waals surface area contributed by atoms with Crippen molar-refractivity contribution in [3.8, 4) is 11.4 Å². The summed E-state index contributed by atoms with van der Waals surface area (Å²) in [5.74, 6) is 2.64. The molecule has 1 aliphatic heterocycles. The number of allylic oxidation sites excluding steroid dienone is 1. The molecular formula is C19H24N4OS. The Hall–Kier alpha value is -2.05. The Morgan fingerprint density at radius 2 is 2.08 bits per heavy atom. The van der Waals surface area contributed by atoms with E-state index in [4.69, 9.17) is 14.7 Å². The van der Waals surface area contributed by atoms with Crippen LogP contribution in [0.2, 0.25) is 0 Å². The number of morpholine rings is 1. The molecule has 3 rings (SSSR count). The molecule has 1 saturated heterocycles. The first-order chi connectivity index (χ1) is 12.3. The molecule has 2 aromatic rings. The van der Waals surface area contributed by atoms with Gasteiger partial charge in [-0.05, 0) is 31.5 Å². The van der Waals surface area contributed by atoms with Crippen LogP contribution in [0.4, 0.5) is 11.5 Å². The van der Waals surface area contributed by atoms with E-state index in [0.29, 0.717) is 0 Å². The molecule has 0 atom stereocenters. The minimum absolute atomic E-state index is 0.750. The second kappa shape index (κ2) is 8.87. The number of nitrogens with zero attached hydrogens (tertiary/aromatic N) is 3. The Labute approximate surface area is 153 Å². The fourth-order valence-electron chi connectivity index (χ4n) is 2.72. The minimum Gasteiger partial charge on any atom is -0.378 e. The molecule has 0 bridgehead atoms. The number of aromatic nitrogens is 2. The summed E-state index contributed by atoms with van der Waals surface area (Å²) in [6.45, 7) is 5.23. The number of nitrogens with one attached hydrogen (secondary N) is 1. The van der Waals surface area contributed by atoms with Crippen LogP contribution >= 0.6 is 11.8 Å². The summed E-state index contributed by atoms with van der Waals surface area (Å²) in [5.41, 5.74) is 3.11. The first-order valence-corrected chi connectivity index (χ1v) is 9.87. The van der Waals surface area contributed by atoms with Gasteiger partial charge in [-0.2, -0.15) is 11.8 Å². The van der Waals surface area contributed by atoms with Crippen LogP contribution in [-0.4, -0.2) is 42.5 Å². The number of rotatable bonds is 6. The molecule has 0 amide bonds. The van der Waals surface area contributed by atoms with E-state index in [1.54, 1.807) is 11.8 Å². The van der Waals surface area contributed by atoms with Crippen LogP contribution in [-0.2, 0) is 10.5 Å². The second-order valence-electron chi connectivity index (χ2n) is 5.80. The highest BCUT2D eigenvalue weighted by Gasteiger charge is 2.15. The summed E-state index contributed by atoms with van der Waals surface area (Å²) in [5, 5.41) is 3.26. The highest BCUT2D eigenvalue weighted by molar-refractivity contribution is 7.97. The van der Waals surface area contributed by atoms with Gasteiger partial charge >= 0.3 is 0 Å². The van der Waals surface area contributed by atoms with Crippen LogP contribution in [0.25, 0.3) is 11.4 Å². The van der Waals surface area contributed by atoms with E-state index in [0.717, 1.165) is 60.6 Å². The lowest BCUT2D eigenvalue weighted by Gasteiger charge is -2.28. The predicted molar refractivity (Wildman–Crippen MR) is 106 cm³/mol. The number of hydrogen-bond acceptors (Lipinski definition) is 6. The van der Waals surface area contributed by atoms with E-state index in [9.17, 15) is 0 Å². The van der Waals surface area contributed by atoms with Crippen molar-refractivity contribution in [2.45, 2.75) is 12.7 Å². The molecule has 2 heterocycles. The van der Waals surface area contributed by atoms with Gasteiger partial charge in [-0.25, -0.2) is 9.97 Å².